The monoisotopic (exact) mass is 375 g/mol. The maximum atomic E-state index is 12.0. The number of amides is 1. The molecule has 5 nitrogen and oxygen atoms in total. The van der Waals surface area contributed by atoms with Crippen LogP contribution in [0.15, 0.2) is 16.7 Å². The van der Waals surface area contributed by atoms with Crippen molar-refractivity contribution < 1.29 is 9.53 Å². The fourth-order valence-electron chi connectivity index (χ4n) is 2.22. The Balaban J connectivity index is 1.98. The Hall–Kier alpha value is -0.850. The van der Waals surface area contributed by atoms with Crippen LogP contribution >= 0.6 is 27.5 Å². The Morgan fingerprint density at radius 3 is 3.14 bits per heavy atom. The number of carbonyl (C=O) groups excluding carboxylic acids is 1. The summed E-state index contributed by atoms with van der Waals surface area (Å²) in [5, 5.41) is 3.82. The molecule has 2 heterocycles. The van der Waals surface area contributed by atoms with Gasteiger partial charge in [0.15, 0.2) is 0 Å². The van der Waals surface area contributed by atoms with Crippen LogP contribution in [0.2, 0.25) is 5.15 Å². The lowest BCUT2D eigenvalue weighted by Crippen LogP contribution is -2.48. The topological polar surface area (TPSA) is 54.5 Å². The molecule has 1 aromatic heterocycles. The molecule has 0 unspecified atom stereocenters. The average molecular weight is 377 g/mol. The first-order chi connectivity index (χ1) is 10.1. The van der Waals surface area contributed by atoms with E-state index in [1.54, 1.807) is 4.90 Å². The molecule has 0 bridgehead atoms. The Labute approximate surface area is 138 Å². The molecule has 1 N–H and O–H groups in total. The molecule has 1 fully saturated rings. The number of nitrogens with zero attached hydrogens (tertiary/aromatic N) is 2. The lowest BCUT2D eigenvalue weighted by atomic mass is 10.1. The van der Waals surface area contributed by atoms with Gasteiger partial charge in [-0.15, -0.1) is 0 Å². The minimum atomic E-state index is -0.242. The smallest absolute Gasteiger partial charge is 0.409 e. The van der Waals surface area contributed by atoms with Crippen molar-refractivity contribution in [2.45, 2.75) is 25.8 Å². The van der Waals surface area contributed by atoms with Crippen LogP contribution in [0.4, 0.5) is 4.79 Å². The second kappa shape index (κ2) is 7.96. The van der Waals surface area contributed by atoms with E-state index >= 15 is 0 Å². The van der Waals surface area contributed by atoms with E-state index in [4.69, 9.17) is 16.3 Å². The molecule has 0 aromatic carbocycles. The van der Waals surface area contributed by atoms with E-state index in [0.717, 1.165) is 24.9 Å². The highest BCUT2D eigenvalue weighted by Crippen LogP contribution is 2.23. The van der Waals surface area contributed by atoms with E-state index in [2.05, 4.69) is 33.2 Å². The van der Waals surface area contributed by atoms with E-state index in [1.165, 1.54) is 0 Å². The molecule has 1 atom stereocenters. The number of halogens is 2. The van der Waals surface area contributed by atoms with Gasteiger partial charge >= 0.3 is 6.09 Å². The zero-order chi connectivity index (χ0) is 15.2. The maximum Gasteiger partial charge on any atom is 0.409 e. The summed E-state index contributed by atoms with van der Waals surface area (Å²) in [5.41, 5.74) is 1.01. The van der Waals surface area contributed by atoms with Gasteiger partial charge in [-0.05, 0) is 40.0 Å². The summed E-state index contributed by atoms with van der Waals surface area (Å²) in [6, 6.07) is 3.76. The van der Waals surface area contributed by atoms with Gasteiger partial charge in [-0.3, -0.25) is 0 Å². The van der Waals surface area contributed by atoms with Crippen LogP contribution in [-0.4, -0.2) is 42.2 Å². The molecule has 21 heavy (non-hydrogen) atoms. The van der Waals surface area contributed by atoms with Crippen molar-refractivity contribution in [3.63, 3.8) is 0 Å². The molecular formula is C14H19BrClN3O2. The molecule has 116 valence electrons. The molecule has 2 rings (SSSR count). The molecule has 1 aliphatic rings. The van der Waals surface area contributed by atoms with Gasteiger partial charge in [0.25, 0.3) is 0 Å². The molecule has 0 aliphatic carbocycles. The number of carbonyl (C=O) groups is 1. The zero-order valence-corrected chi connectivity index (χ0v) is 14.3. The fraction of sp³-hybridized carbons (Fsp3) is 0.571. The number of ether oxygens (including phenoxy) is 1. The second-order valence-electron chi connectivity index (χ2n) is 4.97. The number of rotatable bonds is 4. The Morgan fingerprint density at radius 1 is 1.62 bits per heavy atom. The van der Waals surface area contributed by atoms with Crippen molar-refractivity contribution >= 4 is 33.6 Å². The van der Waals surface area contributed by atoms with Gasteiger partial charge in [0.2, 0.25) is 0 Å². The van der Waals surface area contributed by atoms with Crippen molar-refractivity contribution in [3.8, 4) is 0 Å². The molecule has 1 saturated heterocycles. The minimum absolute atomic E-state index is 0.0364. The molecule has 1 aromatic rings. The van der Waals surface area contributed by atoms with Gasteiger partial charge < -0.3 is 15.0 Å². The average Bonchev–Trinajstić information content (AvgIpc) is 2.46. The Kier molecular flexibility index (Phi) is 6.26. The molecule has 7 heteroatoms. The summed E-state index contributed by atoms with van der Waals surface area (Å²) in [5.74, 6) is 0. The normalized spacial score (nSPS) is 18.6. The molecule has 0 radical (unpaired) electrons. The van der Waals surface area contributed by atoms with Crippen LogP contribution in [0.3, 0.4) is 0 Å². The lowest BCUT2D eigenvalue weighted by molar-refractivity contribution is 0.0894. The summed E-state index contributed by atoms with van der Waals surface area (Å²) in [6.07, 6.45) is 1.67. The first kappa shape index (κ1) is 16.5. The van der Waals surface area contributed by atoms with E-state index in [9.17, 15) is 4.79 Å². The zero-order valence-electron chi connectivity index (χ0n) is 11.9. The van der Waals surface area contributed by atoms with Crippen molar-refractivity contribution in [2.75, 3.05) is 26.2 Å². The van der Waals surface area contributed by atoms with Gasteiger partial charge in [0.05, 0.1) is 12.6 Å². The third kappa shape index (κ3) is 4.83. The number of pyridine rings is 1. The highest BCUT2D eigenvalue weighted by molar-refractivity contribution is 9.10. The quantitative estimate of drug-likeness (QED) is 0.646. The third-order valence-corrected chi connectivity index (χ3v) is 3.94. The van der Waals surface area contributed by atoms with Crippen LogP contribution in [0, 0.1) is 0 Å². The molecule has 0 spiro atoms. The first-order valence-electron chi connectivity index (χ1n) is 7.08. The predicted octanol–water partition coefficient (Wildman–Crippen LogP) is 3.38. The maximum absolute atomic E-state index is 12.0. The van der Waals surface area contributed by atoms with Crippen molar-refractivity contribution in [1.29, 1.82) is 0 Å². The Bertz CT molecular complexity index is 481. The lowest BCUT2D eigenvalue weighted by Gasteiger charge is -2.33. The fourth-order valence-corrected chi connectivity index (χ4v) is 2.99. The first-order valence-corrected chi connectivity index (χ1v) is 8.25. The van der Waals surface area contributed by atoms with Gasteiger partial charge in [-0.25, -0.2) is 9.78 Å². The van der Waals surface area contributed by atoms with Crippen LogP contribution in [0.5, 0.6) is 0 Å². The van der Waals surface area contributed by atoms with Gasteiger partial charge in [-0.1, -0.05) is 24.9 Å². The predicted molar refractivity (Wildman–Crippen MR) is 85.5 cm³/mol. The minimum Gasteiger partial charge on any atom is -0.449 e. The number of piperazine rings is 1. The van der Waals surface area contributed by atoms with Gasteiger partial charge in [-0.2, -0.15) is 0 Å². The summed E-state index contributed by atoms with van der Waals surface area (Å²) in [4.78, 5) is 17.8. The van der Waals surface area contributed by atoms with Crippen LogP contribution < -0.4 is 5.32 Å². The van der Waals surface area contributed by atoms with E-state index in [1.807, 2.05) is 12.1 Å². The summed E-state index contributed by atoms with van der Waals surface area (Å²) in [6.45, 7) is 4.50. The third-order valence-electron chi connectivity index (χ3n) is 3.34. The highest BCUT2D eigenvalue weighted by Gasteiger charge is 2.25. The van der Waals surface area contributed by atoms with Crippen LogP contribution in [0.1, 0.15) is 31.4 Å². The van der Waals surface area contributed by atoms with Gasteiger partial charge in [0, 0.05) is 19.6 Å². The summed E-state index contributed by atoms with van der Waals surface area (Å²) < 4.78 is 5.95. The SMILES string of the molecule is CCCCOC(=O)N1CCN[C@@H](c2cc(Cl)nc(Br)c2)C1. The largest absolute Gasteiger partial charge is 0.449 e. The van der Waals surface area contributed by atoms with Crippen molar-refractivity contribution in [1.82, 2.24) is 15.2 Å². The molecule has 1 amide bonds. The van der Waals surface area contributed by atoms with Crippen LogP contribution in [-0.2, 0) is 4.74 Å². The number of nitrogens with one attached hydrogen (secondary N) is 1. The number of unbranched alkanes of at least 4 members (excludes halogenated alkanes) is 1. The Morgan fingerprint density at radius 2 is 2.43 bits per heavy atom. The molecule has 0 saturated carbocycles. The van der Waals surface area contributed by atoms with Crippen molar-refractivity contribution in [2.24, 2.45) is 0 Å². The molecule has 1 aliphatic heterocycles. The van der Waals surface area contributed by atoms with Crippen molar-refractivity contribution in [3.05, 3.63) is 27.5 Å². The van der Waals surface area contributed by atoms with E-state index in [-0.39, 0.29) is 12.1 Å². The molecular weight excluding hydrogens is 358 g/mol. The summed E-state index contributed by atoms with van der Waals surface area (Å²) >= 11 is 9.32. The summed E-state index contributed by atoms with van der Waals surface area (Å²) in [7, 11) is 0. The number of hydrogen-bond acceptors (Lipinski definition) is 4. The van der Waals surface area contributed by atoms with E-state index < -0.39 is 0 Å². The van der Waals surface area contributed by atoms with Gasteiger partial charge in [0.1, 0.15) is 9.76 Å². The number of aromatic nitrogens is 1. The second-order valence-corrected chi connectivity index (χ2v) is 6.17. The number of hydrogen-bond donors (Lipinski definition) is 1. The van der Waals surface area contributed by atoms with E-state index in [0.29, 0.717) is 29.5 Å². The highest BCUT2D eigenvalue weighted by atomic mass is 79.9. The van der Waals surface area contributed by atoms with Crippen LogP contribution in [0.25, 0.3) is 0 Å². The standard InChI is InChI=1S/C14H19BrClN3O2/c1-2-3-6-21-14(20)19-5-4-17-11(9-19)10-7-12(15)18-13(16)8-10/h7-8,11,17H,2-6,9H2,1H3/t11-/m1/s1.